The van der Waals surface area contributed by atoms with Gasteiger partial charge in [-0.3, -0.25) is 9.48 Å². The SMILES string of the molecule is O=C(C=Cc1ccco1)NC1CCCc2c1cnn2Cc1ccccc1. The van der Waals surface area contributed by atoms with Gasteiger partial charge in [0, 0.05) is 17.3 Å². The summed E-state index contributed by atoms with van der Waals surface area (Å²) < 4.78 is 7.27. The Morgan fingerprint density at radius 1 is 1.27 bits per heavy atom. The molecule has 0 spiro atoms. The summed E-state index contributed by atoms with van der Waals surface area (Å²) in [5.74, 6) is 0.551. The number of nitrogens with zero attached hydrogens (tertiary/aromatic N) is 2. The molecular formula is C21H21N3O2. The van der Waals surface area contributed by atoms with Crippen LogP contribution in [-0.2, 0) is 17.8 Å². The van der Waals surface area contributed by atoms with Crippen LogP contribution >= 0.6 is 0 Å². The Labute approximate surface area is 152 Å². The van der Waals surface area contributed by atoms with E-state index >= 15 is 0 Å². The van der Waals surface area contributed by atoms with Crippen molar-refractivity contribution >= 4 is 12.0 Å². The fourth-order valence-electron chi connectivity index (χ4n) is 3.43. The lowest BCUT2D eigenvalue weighted by atomic mass is 9.93. The molecule has 1 unspecified atom stereocenters. The van der Waals surface area contributed by atoms with Crippen molar-refractivity contribution in [3.63, 3.8) is 0 Å². The number of hydrogen-bond donors (Lipinski definition) is 1. The lowest BCUT2D eigenvalue weighted by Gasteiger charge is -2.23. The molecule has 0 radical (unpaired) electrons. The zero-order valence-corrected chi connectivity index (χ0v) is 14.5. The van der Waals surface area contributed by atoms with Gasteiger partial charge in [-0.05, 0) is 43.0 Å². The first kappa shape index (κ1) is 16.4. The molecular weight excluding hydrogens is 326 g/mol. The highest BCUT2D eigenvalue weighted by molar-refractivity contribution is 5.91. The molecule has 1 amide bonds. The molecule has 1 aliphatic rings. The van der Waals surface area contributed by atoms with E-state index in [1.165, 1.54) is 17.3 Å². The zero-order chi connectivity index (χ0) is 17.8. The van der Waals surface area contributed by atoms with Gasteiger partial charge in [-0.25, -0.2) is 0 Å². The number of fused-ring (bicyclic) bond motifs is 1. The maximum Gasteiger partial charge on any atom is 0.244 e. The minimum absolute atomic E-state index is 0.0111. The highest BCUT2D eigenvalue weighted by atomic mass is 16.3. The third kappa shape index (κ3) is 3.61. The Hall–Kier alpha value is -3.08. The number of carbonyl (C=O) groups is 1. The smallest absolute Gasteiger partial charge is 0.244 e. The standard InChI is InChI=1S/C21H21N3O2/c25-21(12-11-17-8-5-13-26-17)23-19-9-4-10-20-18(19)14-22-24(20)15-16-6-2-1-3-7-16/h1-3,5-8,11-14,19H,4,9-10,15H2,(H,23,25). The molecule has 2 heterocycles. The zero-order valence-electron chi connectivity index (χ0n) is 14.5. The van der Waals surface area contributed by atoms with Gasteiger partial charge in [0.2, 0.25) is 5.91 Å². The Kier molecular flexibility index (Phi) is 4.69. The number of rotatable bonds is 5. The second-order valence-corrected chi connectivity index (χ2v) is 6.49. The van der Waals surface area contributed by atoms with Crippen LogP contribution in [0.15, 0.2) is 65.4 Å². The van der Waals surface area contributed by atoms with Crippen LogP contribution in [0, 0.1) is 0 Å². The van der Waals surface area contributed by atoms with Crippen LogP contribution < -0.4 is 5.32 Å². The van der Waals surface area contributed by atoms with Crippen LogP contribution in [0.2, 0.25) is 0 Å². The van der Waals surface area contributed by atoms with E-state index in [0.29, 0.717) is 5.76 Å². The molecule has 26 heavy (non-hydrogen) atoms. The molecule has 132 valence electrons. The van der Waals surface area contributed by atoms with E-state index in [0.717, 1.165) is 31.4 Å². The van der Waals surface area contributed by atoms with Gasteiger partial charge in [-0.2, -0.15) is 5.10 Å². The minimum atomic E-state index is -0.116. The number of amides is 1. The summed E-state index contributed by atoms with van der Waals surface area (Å²) in [5.41, 5.74) is 3.58. The first-order chi connectivity index (χ1) is 12.8. The summed E-state index contributed by atoms with van der Waals surface area (Å²) in [7, 11) is 0. The number of benzene rings is 1. The van der Waals surface area contributed by atoms with Crippen LogP contribution in [-0.4, -0.2) is 15.7 Å². The number of nitrogens with one attached hydrogen (secondary N) is 1. The Bertz CT molecular complexity index is 895. The maximum atomic E-state index is 12.2. The Balaban J connectivity index is 1.46. The summed E-state index contributed by atoms with van der Waals surface area (Å²) in [6.07, 6.45) is 9.66. The van der Waals surface area contributed by atoms with E-state index in [-0.39, 0.29) is 11.9 Å². The van der Waals surface area contributed by atoms with Gasteiger partial charge in [0.1, 0.15) is 5.76 Å². The first-order valence-corrected chi connectivity index (χ1v) is 8.90. The van der Waals surface area contributed by atoms with E-state index in [1.54, 1.807) is 18.4 Å². The summed E-state index contributed by atoms with van der Waals surface area (Å²) in [5, 5.41) is 7.66. The topological polar surface area (TPSA) is 60.1 Å². The fraction of sp³-hybridized carbons (Fsp3) is 0.238. The number of hydrogen-bond acceptors (Lipinski definition) is 3. The van der Waals surface area contributed by atoms with Gasteiger partial charge in [0.05, 0.1) is 25.0 Å². The molecule has 4 rings (SSSR count). The van der Waals surface area contributed by atoms with E-state index < -0.39 is 0 Å². The second-order valence-electron chi connectivity index (χ2n) is 6.49. The van der Waals surface area contributed by atoms with Gasteiger partial charge in [0.15, 0.2) is 0 Å². The van der Waals surface area contributed by atoms with Crippen molar-refractivity contribution in [1.82, 2.24) is 15.1 Å². The molecule has 1 aromatic carbocycles. The molecule has 0 bridgehead atoms. The highest BCUT2D eigenvalue weighted by Gasteiger charge is 2.25. The predicted octanol–water partition coefficient (Wildman–Crippen LogP) is 3.73. The quantitative estimate of drug-likeness (QED) is 0.716. The lowest BCUT2D eigenvalue weighted by molar-refractivity contribution is -0.117. The van der Waals surface area contributed by atoms with E-state index in [1.807, 2.05) is 30.5 Å². The lowest BCUT2D eigenvalue weighted by Crippen LogP contribution is -2.29. The summed E-state index contributed by atoms with van der Waals surface area (Å²) >= 11 is 0. The van der Waals surface area contributed by atoms with Gasteiger partial charge in [-0.1, -0.05) is 30.3 Å². The first-order valence-electron chi connectivity index (χ1n) is 8.90. The molecule has 0 aliphatic heterocycles. The highest BCUT2D eigenvalue weighted by Crippen LogP contribution is 2.30. The summed E-state index contributed by atoms with van der Waals surface area (Å²) in [6, 6.07) is 13.9. The van der Waals surface area contributed by atoms with Crippen LogP contribution in [0.1, 0.15) is 41.5 Å². The van der Waals surface area contributed by atoms with Crippen molar-refractivity contribution in [3.05, 3.63) is 83.6 Å². The van der Waals surface area contributed by atoms with Gasteiger partial charge in [0.25, 0.3) is 0 Å². The van der Waals surface area contributed by atoms with Crippen molar-refractivity contribution in [2.45, 2.75) is 31.8 Å². The molecule has 5 heteroatoms. The van der Waals surface area contributed by atoms with Gasteiger partial charge in [-0.15, -0.1) is 0 Å². The molecule has 0 saturated carbocycles. The van der Waals surface area contributed by atoms with Crippen LogP contribution in [0.4, 0.5) is 0 Å². The molecule has 0 fully saturated rings. The van der Waals surface area contributed by atoms with E-state index in [2.05, 4.69) is 27.2 Å². The van der Waals surface area contributed by atoms with Crippen LogP contribution in [0.25, 0.3) is 6.08 Å². The molecule has 5 nitrogen and oxygen atoms in total. The molecule has 1 N–H and O–H groups in total. The summed E-state index contributed by atoms with van der Waals surface area (Å²) in [4.78, 5) is 12.2. The third-order valence-corrected chi connectivity index (χ3v) is 4.70. The van der Waals surface area contributed by atoms with Crippen molar-refractivity contribution in [2.75, 3.05) is 0 Å². The molecule has 2 aromatic heterocycles. The number of furan rings is 1. The monoisotopic (exact) mass is 347 g/mol. The van der Waals surface area contributed by atoms with Crippen molar-refractivity contribution in [2.24, 2.45) is 0 Å². The fourth-order valence-corrected chi connectivity index (χ4v) is 3.43. The number of carbonyl (C=O) groups excluding carboxylic acids is 1. The largest absolute Gasteiger partial charge is 0.465 e. The van der Waals surface area contributed by atoms with Crippen molar-refractivity contribution in [1.29, 1.82) is 0 Å². The normalized spacial score (nSPS) is 16.5. The summed E-state index contributed by atoms with van der Waals surface area (Å²) in [6.45, 7) is 0.759. The minimum Gasteiger partial charge on any atom is -0.465 e. The second kappa shape index (κ2) is 7.44. The average Bonchev–Trinajstić information content (AvgIpc) is 3.32. The van der Waals surface area contributed by atoms with Gasteiger partial charge < -0.3 is 9.73 Å². The number of aromatic nitrogens is 2. The van der Waals surface area contributed by atoms with Crippen molar-refractivity contribution in [3.8, 4) is 0 Å². The van der Waals surface area contributed by atoms with E-state index in [9.17, 15) is 4.79 Å². The van der Waals surface area contributed by atoms with Crippen LogP contribution in [0.5, 0.6) is 0 Å². The average molecular weight is 347 g/mol. The van der Waals surface area contributed by atoms with Gasteiger partial charge >= 0.3 is 0 Å². The third-order valence-electron chi connectivity index (χ3n) is 4.70. The van der Waals surface area contributed by atoms with Crippen LogP contribution in [0.3, 0.4) is 0 Å². The molecule has 3 aromatic rings. The molecule has 1 atom stereocenters. The molecule has 0 saturated heterocycles. The van der Waals surface area contributed by atoms with E-state index in [4.69, 9.17) is 4.42 Å². The predicted molar refractivity (Wildman–Crippen MR) is 99.3 cm³/mol. The molecule has 1 aliphatic carbocycles. The van der Waals surface area contributed by atoms with Crippen molar-refractivity contribution < 1.29 is 9.21 Å². The Morgan fingerprint density at radius 2 is 2.15 bits per heavy atom. The Morgan fingerprint density at radius 3 is 2.96 bits per heavy atom. The maximum absolute atomic E-state index is 12.2.